The summed E-state index contributed by atoms with van der Waals surface area (Å²) >= 11 is 3.79. The van der Waals surface area contributed by atoms with E-state index in [1.807, 2.05) is 0 Å². The fourth-order valence-corrected chi connectivity index (χ4v) is 1.07. The number of halogens is 3. The molecule has 0 aliphatic rings. The van der Waals surface area contributed by atoms with Crippen LogP contribution >= 0.6 is 12.6 Å². The van der Waals surface area contributed by atoms with Crippen LogP contribution in [0.2, 0.25) is 0 Å². The van der Waals surface area contributed by atoms with E-state index in [-0.39, 0.29) is 5.75 Å². The second-order valence-corrected chi connectivity index (χ2v) is 2.94. The van der Waals surface area contributed by atoms with Gasteiger partial charge in [-0.3, -0.25) is 4.79 Å². The van der Waals surface area contributed by atoms with Crippen molar-refractivity contribution in [3.8, 4) is 0 Å². The number of alkyl halides is 3. The minimum Gasteiger partial charge on any atom is -0.313 e. The van der Waals surface area contributed by atoms with Gasteiger partial charge in [-0.15, -0.1) is 0 Å². The summed E-state index contributed by atoms with van der Waals surface area (Å²) in [7, 11) is 0. The lowest BCUT2D eigenvalue weighted by atomic mass is 10.2. The molecule has 0 atom stereocenters. The van der Waals surface area contributed by atoms with Crippen LogP contribution in [-0.4, -0.2) is 15.7 Å². The maximum Gasteiger partial charge on any atom is 0.434 e. The van der Waals surface area contributed by atoms with Gasteiger partial charge in [0.2, 0.25) is 0 Å². The van der Waals surface area contributed by atoms with E-state index in [1.165, 1.54) is 6.08 Å². The highest BCUT2D eigenvalue weighted by molar-refractivity contribution is 7.80. The molecule has 0 aromatic carbocycles. The van der Waals surface area contributed by atoms with Crippen molar-refractivity contribution < 1.29 is 13.2 Å². The SMILES string of the molecule is O=c1[nH]cnc(C(F)(F)F)c1C=CCS. The Hall–Kier alpha value is -1.24. The summed E-state index contributed by atoms with van der Waals surface area (Å²) < 4.78 is 37.2. The van der Waals surface area contributed by atoms with E-state index in [4.69, 9.17) is 0 Å². The van der Waals surface area contributed by atoms with Crippen molar-refractivity contribution in [3.05, 3.63) is 34.0 Å². The Morgan fingerprint density at radius 3 is 2.73 bits per heavy atom. The number of aromatic amines is 1. The van der Waals surface area contributed by atoms with Crippen molar-refractivity contribution in [2.75, 3.05) is 5.75 Å². The summed E-state index contributed by atoms with van der Waals surface area (Å²) in [5.74, 6) is 0.242. The van der Waals surface area contributed by atoms with Crippen LogP contribution < -0.4 is 5.56 Å². The van der Waals surface area contributed by atoms with E-state index in [9.17, 15) is 18.0 Å². The van der Waals surface area contributed by atoms with Crippen LogP contribution in [0.1, 0.15) is 11.3 Å². The van der Waals surface area contributed by atoms with Crippen LogP contribution in [0.3, 0.4) is 0 Å². The van der Waals surface area contributed by atoms with Crippen molar-refractivity contribution in [3.63, 3.8) is 0 Å². The van der Waals surface area contributed by atoms with Gasteiger partial charge in [-0.05, 0) is 0 Å². The number of hydrogen-bond acceptors (Lipinski definition) is 3. The summed E-state index contributed by atoms with van der Waals surface area (Å²) in [5.41, 5.74) is -2.52. The summed E-state index contributed by atoms with van der Waals surface area (Å²) in [6.45, 7) is 0. The van der Waals surface area contributed by atoms with Crippen LogP contribution in [0, 0.1) is 0 Å². The number of nitrogens with zero attached hydrogens (tertiary/aromatic N) is 1. The van der Waals surface area contributed by atoms with Gasteiger partial charge in [-0.2, -0.15) is 25.8 Å². The average molecular weight is 236 g/mol. The summed E-state index contributed by atoms with van der Waals surface area (Å²) in [6.07, 6.45) is -1.51. The van der Waals surface area contributed by atoms with Gasteiger partial charge in [0.25, 0.3) is 5.56 Å². The van der Waals surface area contributed by atoms with Gasteiger partial charge in [0, 0.05) is 5.75 Å². The monoisotopic (exact) mass is 236 g/mol. The van der Waals surface area contributed by atoms with Gasteiger partial charge < -0.3 is 4.98 Å². The average Bonchev–Trinajstić information content (AvgIpc) is 2.14. The molecule has 0 amide bonds. The Labute approximate surface area is 88.5 Å². The molecule has 7 heteroatoms. The summed E-state index contributed by atoms with van der Waals surface area (Å²) in [4.78, 5) is 16.3. The Bertz CT molecular complexity index is 425. The number of rotatable bonds is 2. The maximum atomic E-state index is 12.4. The van der Waals surface area contributed by atoms with Crippen LogP contribution in [0.15, 0.2) is 17.2 Å². The maximum absolute atomic E-state index is 12.4. The first-order valence-electron chi connectivity index (χ1n) is 3.89. The third-order valence-electron chi connectivity index (χ3n) is 1.55. The zero-order chi connectivity index (χ0) is 11.5. The van der Waals surface area contributed by atoms with Gasteiger partial charge in [-0.25, -0.2) is 4.98 Å². The van der Waals surface area contributed by atoms with Crippen LogP contribution in [0.4, 0.5) is 13.2 Å². The molecule has 0 bridgehead atoms. The zero-order valence-corrected chi connectivity index (χ0v) is 8.27. The van der Waals surface area contributed by atoms with Crippen molar-refractivity contribution in [1.29, 1.82) is 0 Å². The molecule has 15 heavy (non-hydrogen) atoms. The Morgan fingerprint density at radius 1 is 1.53 bits per heavy atom. The molecule has 0 aliphatic carbocycles. The predicted octanol–water partition coefficient (Wildman–Crippen LogP) is 1.73. The second kappa shape index (κ2) is 4.52. The summed E-state index contributed by atoms with van der Waals surface area (Å²) in [5, 5.41) is 0. The molecule has 3 nitrogen and oxygen atoms in total. The van der Waals surface area contributed by atoms with Crippen LogP contribution in [0.25, 0.3) is 6.08 Å². The first kappa shape index (κ1) is 11.8. The second-order valence-electron chi connectivity index (χ2n) is 2.58. The van der Waals surface area contributed by atoms with Gasteiger partial charge in [0.1, 0.15) is 0 Å². The normalized spacial score (nSPS) is 12.3. The Kier molecular flexibility index (Phi) is 3.57. The van der Waals surface area contributed by atoms with Crippen molar-refractivity contribution in [1.82, 2.24) is 9.97 Å². The number of hydrogen-bond donors (Lipinski definition) is 2. The third-order valence-corrected chi connectivity index (χ3v) is 1.76. The Morgan fingerprint density at radius 2 is 2.20 bits per heavy atom. The predicted molar refractivity (Wildman–Crippen MR) is 52.7 cm³/mol. The summed E-state index contributed by atoms with van der Waals surface area (Å²) in [6, 6.07) is 0. The molecule has 0 radical (unpaired) electrons. The minimum atomic E-state index is -4.63. The fraction of sp³-hybridized carbons (Fsp3) is 0.250. The van der Waals surface area contributed by atoms with Gasteiger partial charge >= 0.3 is 6.18 Å². The first-order chi connectivity index (χ1) is 6.96. The molecule has 1 rings (SSSR count). The smallest absolute Gasteiger partial charge is 0.313 e. The van der Waals surface area contributed by atoms with E-state index in [1.54, 1.807) is 0 Å². The molecular weight excluding hydrogens is 229 g/mol. The van der Waals surface area contributed by atoms with Gasteiger partial charge in [-0.1, -0.05) is 12.2 Å². The molecule has 0 saturated carbocycles. The number of nitrogens with one attached hydrogen (secondary N) is 1. The van der Waals surface area contributed by atoms with Crippen LogP contribution in [-0.2, 0) is 6.18 Å². The van der Waals surface area contributed by atoms with Crippen LogP contribution in [0.5, 0.6) is 0 Å². The molecule has 1 heterocycles. The molecular formula is C8H7F3N2OS. The topological polar surface area (TPSA) is 45.8 Å². The number of H-pyrrole nitrogens is 1. The van der Waals surface area contributed by atoms with Crippen molar-refractivity contribution >= 4 is 18.7 Å². The molecule has 1 aromatic rings. The molecule has 0 saturated heterocycles. The first-order valence-corrected chi connectivity index (χ1v) is 4.52. The molecule has 0 spiro atoms. The molecule has 0 unspecified atom stereocenters. The van der Waals surface area contributed by atoms with E-state index >= 15 is 0 Å². The lowest BCUT2D eigenvalue weighted by molar-refractivity contribution is -0.141. The standard InChI is InChI=1S/C8H7F3N2OS/c9-8(10,11)6-5(2-1-3-15)7(14)13-4-12-6/h1-2,4,15H,3H2,(H,12,13,14). The molecule has 1 N–H and O–H groups in total. The zero-order valence-electron chi connectivity index (χ0n) is 7.38. The van der Waals surface area contributed by atoms with E-state index in [0.29, 0.717) is 0 Å². The largest absolute Gasteiger partial charge is 0.434 e. The van der Waals surface area contributed by atoms with E-state index in [0.717, 1.165) is 12.4 Å². The highest BCUT2D eigenvalue weighted by Gasteiger charge is 2.35. The number of thiol groups is 1. The quantitative estimate of drug-likeness (QED) is 0.768. The Balaban J connectivity index is 3.34. The lowest BCUT2D eigenvalue weighted by Gasteiger charge is -2.07. The molecule has 1 aromatic heterocycles. The van der Waals surface area contributed by atoms with Gasteiger partial charge in [0.05, 0.1) is 11.9 Å². The number of aromatic nitrogens is 2. The van der Waals surface area contributed by atoms with Crippen molar-refractivity contribution in [2.45, 2.75) is 6.18 Å². The minimum absolute atomic E-state index is 0.242. The highest BCUT2D eigenvalue weighted by Crippen LogP contribution is 2.28. The third kappa shape index (κ3) is 2.85. The van der Waals surface area contributed by atoms with E-state index in [2.05, 4.69) is 22.6 Å². The molecule has 0 fully saturated rings. The lowest BCUT2D eigenvalue weighted by Crippen LogP contribution is -2.20. The fourth-order valence-electron chi connectivity index (χ4n) is 0.961. The molecule has 0 aliphatic heterocycles. The highest BCUT2D eigenvalue weighted by atomic mass is 32.1. The van der Waals surface area contributed by atoms with E-state index < -0.39 is 23.0 Å². The van der Waals surface area contributed by atoms with Crippen molar-refractivity contribution in [2.24, 2.45) is 0 Å². The molecule has 82 valence electrons. The van der Waals surface area contributed by atoms with Gasteiger partial charge in [0.15, 0.2) is 5.69 Å².